The molecular formula is C13H12INO3S. The molecule has 0 radical (unpaired) electrons. The van der Waals surface area contributed by atoms with Crippen LogP contribution in [0.5, 0.6) is 5.75 Å². The van der Waals surface area contributed by atoms with Crippen LogP contribution in [0.4, 0.5) is 5.69 Å². The van der Waals surface area contributed by atoms with Crippen LogP contribution in [0.25, 0.3) is 0 Å². The van der Waals surface area contributed by atoms with E-state index in [1.807, 2.05) is 6.92 Å². The van der Waals surface area contributed by atoms with Gasteiger partial charge in [-0.3, -0.25) is 0 Å². The number of rotatable bonds is 3. The molecule has 6 heteroatoms. The molecule has 100 valence electrons. The fraction of sp³-hybridized carbons (Fsp3) is 0.0769. The molecule has 19 heavy (non-hydrogen) atoms. The van der Waals surface area contributed by atoms with Crippen LogP contribution in [0, 0.1) is 10.5 Å². The van der Waals surface area contributed by atoms with Crippen molar-refractivity contribution in [2.75, 3.05) is 5.73 Å². The summed E-state index contributed by atoms with van der Waals surface area (Å²) in [5.74, 6) is 0.207. The van der Waals surface area contributed by atoms with Crippen LogP contribution in [0.1, 0.15) is 5.56 Å². The summed E-state index contributed by atoms with van der Waals surface area (Å²) in [6.07, 6.45) is 0. The summed E-state index contributed by atoms with van der Waals surface area (Å²) in [6.45, 7) is 1.89. The summed E-state index contributed by atoms with van der Waals surface area (Å²) in [5, 5.41) is 0. The average molecular weight is 389 g/mol. The van der Waals surface area contributed by atoms with Crippen LogP contribution in [0.2, 0.25) is 0 Å². The maximum Gasteiger partial charge on any atom is 0.339 e. The molecule has 0 unspecified atom stereocenters. The van der Waals surface area contributed by atoms with Crippen LogP contribution in [-0.2, 0) is 10.1 Å². The molecule has 0 heterocycles. The van der Waals surface area contributed by atoms with Crippen LogP contribution >= 0.6 is 22.6 Å². The van der Waals surface area contributed by atoms with Gasteiger partial charge in [-0.25, -0.2) is 0 Å². The van der Waals surface area contributed by atoms with Gasteiger partial charge in [0.15, 0.2) is 0 Å². The monoisotopic (exact) mass is 389 g/mol. The number of aryl methyl sites for hydroxylation is 1. The van der Waals surface area contributed by atoms with Gasteiger partial charge in [0.2, 0.25) is 0 Å². The standard InChI is InChI=1S/C13H12INO3S/c1-9-2-5-11(6-3-9)19(16,17)18-10-4-7-12(14)13(15)8-10/h2-8H,15H2,1H3. The van der Waals surface area contributed by atoms with Crippen molar-refractivity contribution in [3.63, 3.8) is 0 Å². The second kappa shape index (κ2) is 5.38. The Kier molecular flexibility index (Phi) is 4.00. The lowest BCUT2D eigenvalue weighted by molar-refractivity contribution is 0.486. The number of anilines is 1. The molecule has 2 N–H and O–H groups in total. The van der Waals surface area contributed by atoms with Crippen LogP contribution in [0.3, 0.4) is 0 Å². The first kappa shape index (κ1) is 14.1. The second-order valence-corrected chi connectivity index (χ2v) is 6.74. The summed E-state index contributed by atoms with van der Waals surface area (Å²) < 4.78 is 30.0. The van der Waals surface area contributed by atoms with Crippen LogP contribution < -0.4 is 9.92 Å². The van der Waals surface area contributed by atoms with E-state index >= 15 is 0 Å². The third-order valence-corrected chi connectivity index (χ3v) is 4.73. The van der Waals surface area contributed by atoms with E-state index < -0.39 is 10.1 Å². The van der Waals surface area contributed by atoms with Gasteiger partial charge < -0.3 is 9.92 Å². The summed E-state index contributed by atoms with van der Waals surface area (Å²) >= 11 is 2.06. The van der Waals surface area contributed by atoms with E-state index in [1.165, 1.54) is 18.2 Å². The summed E-state index contributed by atoms with van der Waals surface area (Å²) in [5.41, 5.74) is 7.18. The number of nitrogen functional groups attached to an aromatic ring is 1. The van der Waals surface area contributed by atoms with Crippen molar-refractivity contribution in [2.24, 2.45) is 0 Å². The highest BCUT2D eigenvalue weighted by molar-refractivity contribution is 14.1. The highest BCUT2D eigenvalue weighted by Crippen LogP contribution is 2.24. The second-order valence-electron chi connectivity index (χ2n) is 4.03. The summed E-state index contributed by atoms with van der Waals surface area (Å²) in [6, 6.07) is 11.2. The number of benzene rings is 2. The normalized spacial score (nSPS) is 11.3. The zero-order chi connectivity index (χ0) is 14.0. The van der Waals surface area contributed by atoms with E-state index in [4.69, 9.17) is 9.92 Å². The van der Waals surface area contributed by atoms with Gasteiger partial charge in [-0.05, 0) is 53.8 Å². The molecule has 4 nitrogen and oxygen atoms in total. The quantitative estimate of drug-likeness (QED) is 0.498. The van der Waals surface area contributed by atoms with Gasteiger partial charge in [0.1, 0.15) is 10.6 Å². The van der Waals surface area contributed by atoms with E-state index in [1.54, 1.807) is 24.3 Å². The number of hydrogen-bond donors (Lipinski definition) is 1. The van der Waals surface area contributed by atoms with Gasteiger partial charge in [-0.1, -0.05) is 17.7 Å². The maximum absolute atomic E-state index is 12.0. The maximum atomic E-state index is 12.0. The molecule has 0 spiro atoms. The minimum absolute atomic E-state index is 0.121. The SMILES string of the molecule is Cc1ccc(S(=O)(=O)Oc2ccc(I)c(N)c2)cc1. The third-order valence-electron chi connectivity index (χ3n) is 2.48. The lowest BCUT2D eigenvalue weighted by Gasteiger charge is -2.08. The Morgan fingerprint density at radius 3 is 2.32 bits per heavy atom. The number of halogens is 1. The van der Waals surface area contributed by atoms with Crippen molar-refractivity contribution in [1.82, 2.24) is 0 Å². The van der Waals surface area contributed by atoms with Gasteiger partial charge in [-0.15, -0.1) is 0 Å². The highest BCUT2D eigenvalue weighted by Gasteiger charge is 2.16. The molecule has 0 aliphatic heterocycles. The lowest BCUT2D eigenvalue weighted by atomic mass is 10.2. The molecular weight excluding hydrogens is 377 g/mol. The number of nitrogens with two attached hydrogens (primary N) is 1. The molecule has 2 aromatic rings. The molecule has 0 atom stereocenters. The first-order valence-electron chi connectivity index (χ1n) is 5.45. The van der Waals surface area contributed by atoms with E-state index in [2.05, 4.69) is 22.6 Å². The number of hydrogen-bond acceptors (Lipinski definition) is 4. The van der Waals surface area contributed by atoms with Crippen molar-refractivity contribution in [3.8, 4) is 5.75 Å². The molecule has 0 fully saturated rings. The molecule has 2 rings (SSSR count). The molecule has 0 aromatic heterocycles. The third kappa shape index (κ3) is 3.38. The zero-order valence-electron chi connectivity index (χ0n) is 10.1. The van der Waals surface area contributed by atoms with Crippen molar-refractivity contribution >= 4 is 38.4 Å². The van der Waals surface area contributed by atoms with Crippen molar-refractivity contribution in [1.29, 1.82) is 0 Å². The van der Waals surface area contributed by atoms with Crippen molar-refractivity contribution in [2.45, 2.75) is 11.8 Å². The Hall–Kier alpha value is -1.28. The predicted octanol–water partition coefficient (Wildman–Crippen LogP) is 2.95. The molecule has 2 aromatic carbocycles. The molecule has 0 aliphatic rings. The summed E-state index contributed by atoms with van der Waals surface area (Å²) in [7, 11) is -3.82. The predicted molar refractivity (Wildman–Crippen MR) is 82.6 cm³/mol. The Morgan fingerprint density at radius 1 is 1.11 bits per heavy atom. The molecule has 0 bridgehead atoms. The minimum atomic E-state index is -3.82. The minimum Gasteiger partial charge on any atom is -0.398 e. The first-order valence-corrected chi connectivity index (χ1v) is 7.93. The fourth-order valence-corrected chi connectivity index (χ4v) is 2.71. The molecule has 0 amide bonds. The highest BCUT2D eigenvalue weighted by atomic mass is 127. The summed E-state index contributed by atoms with van der Waals surface area (Å²) in [4.78, 5) is 0.121. The smallest absolute Gasteiger partial charge is 0.339 e. The zero-order valence-corrected chi connectivity index (χ0v) is 13.1. The van der Waals surface area contributed by atoms with Gasteiger partial charge in [0.05, 0.1) is 0 Å². The Labute approximate surface area is 125 Å². The van der Waals surface area contributed by atoms with E-state index in [9.17, 15) is 8.42 Å². The fourth-order valence-electron chi connectivity index (χ4n) is 1.45. The van der Waals surface area contributed by atoms with Crippen LogP contribution in [-0.4, -0.2) is 8.42 Å². The Bertz CT molecular complexity index is 696. The lowest BCUT2D eigenvalue weighted by Crippen LogP contribution is -2.10. The Morgan fingerprint density at radius 2 is 1.74 bits per heavy atom. The van der Waals surface area contributed by atoms with E-state index in [0.717, 1.165) is 9.13 Å². The molecule has 0 aliphatic carbocycles. The topological polar surface area (TPSA) is 69.4 Å². The van der Waals surface area contributed by atoms with Crippen molar-refractivity contribution in [3.05, 3.63) is 51.6 Å². The first-order chi connectivity index (χ1) is 8.88. The van der Waals surface area contributed by atoms with E-state index in [-0.39, 0.29) is 10.6 Å². The Balaban J connectivity index is 2.30. The van der Waals surface area contributed by atoms with Crippen LogP contribution in [0.15, 0.2) is 47.4 Å². The van der Waals surface area contributed by atoms with Gasteiger partial charge in [-0.2, -0.15) is 8.42 Å². The van der Waals surface area contributed by atoms with Crippen molar-refractivity contribution < 1.29 is 12.6 Å². The largest absolute Gasteiger partial charge is 0.398 e. The van der Waals surface area contributed by atoms with Gasteiger partial charge >= 0.3 is 10.1 Å². The average Bonchev–Trinajstić information content (AvgIpc) is 2.34. The molecule has 0 saturated heterocycles. The molecule has 0 saturated carbocycles. The van der Waals surface area contributed by atoms with E-state index in [0.29, 0.717) is 5.69 Å². The van der Waals surface area contributed by atoms with Gasteiger partial charge in [0, 0.05) is 15.3 Å². The van der Waals surface area contributed by atoms with Gasteiger partial charge in [0.25, 0.3) is 0 Å².